The van der Waals surface area contributed by atoms with Crippen molar-refractivity contribution in [2.45, 2.75) is 26.2 Å². The molecule has 0 bridgehead atoms. The summed E-state index contributed by atoms with van der Waals surface area (Å²) in [6, 6.07) is 5.73. The van der Waals surface area contributed by atoms with Gasteiger partial charge in [-0.1, -0.05) is 13.0 Å². The lowest BCUT2D eigenvalue weighted by atomic mass is 9.97. The van der Waals surface area contributed by atoms with Gasteiger partial charge in [0.15, 0.2) is 0 Å². The molecule has 0 unspecified atom stereocenters. The van der Waals surface area contributed by atoms with Crippen molar-refractivity contribution in [1.29, 1.82) is 0 Å². The van der Waals surface area contributed by atoms with E-state index in [0.717, 1.165) is 36.3 Å². The van der Waals surface area contributed by atoms with Crippen LogP contribution in [0.15, 0.2) is 18.2 Å². The number of rotatable bonds is 7. The summed E-state index contributed by atoms with van der Waals surface area (Å²) in [7, 11) is 4.69. The van der Waals surface area contributed by atoms with Crippen molar-refractivity contribution in [1.82, 2.24) is 0 Å². The number of methoxy groups -OCH3 is 3. The van der Waals surface area contributed by atoms with Crippen LogP contribution in [0.4, 0.5) is 0 Å². The van der Waals surface area contributed by atoms with E-state index in [1.807, 2.05) is 25.1 Å². The van der Waals surface area contributed by atoms with Crippen molar-refractivity contribution in [3.05, 3.63) is 23.8 Å². The Morgan fingerprint density at radius 1 is 1.21 bits per heavy atom. The number of hydrogen-bond acceptors (Lipinski definition) is 4. The molecule has 0 N–H and O–H groups in total. The van der Waals surface area contributed by atoms with Crippen LogP contribution in [0.3, 0.4) is 0 Å². The predicted molar refractivity (Wildman–Crippen MR) is 73.7 cm³/mol. The molecule has 1 rings (SSSR count). The lowest BCUT2D eigenvalue weighted by Crippen LogP contribution is -2.16. The number of benzene rings is 1. The molecule has 4 nitrogen and oxygen atoms in total. The summed E-state index contributed by atoms with van der Waals surface area (Å²) in [5, 5.41) is 0. The van der Waals surface area contributed by atoms with Crippen LogP contribution >= 0.6 is 0 Å². The van der Waals surface area contributed by atoms with Gasteiger partial charge < -0.3 is 14.2 Å². The first-order chi connectivity index (χ1) is 9.15. The second-order valence-corrected chi connectivity index (χ2v) is 4.34. The summed E-state index contributed by atoms with van der Waals surface area (Å²) in [4.78, 5) is 11.5. The molecular weight excluding hydrogens is 244 g/mol. The molecule has 1 atom stereocenters. The van der Waals surface area contributed by atoms with Crippen LogP contribution in [0.25, 0.3) is 0 Å². The van der Waals surface area contributed by atoms with E-state index < -0.39 is 0 Å². The van der Waals surface area contributed by atoms with E-state index in [4.69, 9.17) is 14.2 Å². The lowest BCUT2D eigenvalue weighted by molar-refractivity contribution is -0.145. The first-order valence-electron chi connectivity index (χ1n) is 6.45. The zero-order chi connectivity index (χ0) is 14.3. The molecule has 0 radical (unpaired) electrons. The van der Waals surface area contributed by atoms with Gasteiger partial charge in [0.1, 0.15) is 11.5 Å². The van der Waals surface area contributed by atoms with Gasteiger partial charge in [0.2, 0.25) is 0 Å². The Balaban J connectivity index is 2.73. The average molecular weight is 266 g/mol. The van der Waals surface area contributed by atoms with Crippen molar-refractivity contribution >= 4 is 5.97 Å². The molecule has 0 amide bonds. The molecule has 0 aromatic heterocycles. The van der Waals surface area contributed by atoms with Crippen molar-refractivity contribution in [3.8, 4) is 11.5 Å². The van der Waals surface area contributed by atoms with Gasteiger partial charge >= 0.3 is 5.97 Å². The van der Waals surface area contributed by atoms with Gasteiger partial charge in [0.25, 0.3) is 0 Å². The summed E-state index contributed by atoms with van der Waals surface area (Å²) in [6.07, 6.45) is 2.32. The number of carbonyl (C=O) groups excluding carboxylic acids is 1. The van der Waals surface area contributed by atoms with Gasteiger partial charge in [-0.05, 0) is 30.9 Å². The van der Waals surface area contributed by atoms with E-state index in [1.54, 1.807) is 14.2 Å². The Labute approximate surface area is 114 Å². The SMILES string of the molecule is CC[C@@H](CCc1ccc(OC)cc1OC)C(=O)OC. The van der Waals surface area contributed by atoms with E-state index in [1.165, 1.54) is 7.11 Å². The number of aryl methyl sites for hydroxylation is 1. The highest BCUT2D eigenvalue weighted by molar-refractivity contribution is 5.72. The van der Waals surface area contributed by atoms with Crippen LogP contribution in [0.5, 0.6) is 11.5 Å². The highest BCUT2D eigenvalue weighted by atomic mass is 16.5. The maximum Gasteiger partial charge on any atom is 0.308 e. The summed E-state index contributed by atoms with van der Waals surface area (Å²) in [5.74, 6) is 1.35. The maximum atomic E-state index is 11.5. The van der Waals surface area contributed by atoms with Gasteiger partial charge in [-0.25, -0.2) is 0 Å². The van der Waals surface area contributed by atoms with Crippen LogP contribution in [0, 0.1) is 5.92 Å². The second kappa shape index (κ2) is 7.67. The number of esters is 1. The third-order valence-electron chi connectivity index (χ3n) is 3.28. The minimum Gasteiger partial charge on any atom is -0.497 e. The van der Waals surface area contributed by atoms with E-state index in [0.29, 0.717) is 0 Å². The molecule has 0 fully saturated rings. The first-order valence-corrected chi connectivity index (χ1v) is 6.45. The number of hydrogen-bond donors (Lipinski definition) is 0. The van der Waals surface area contributed by atoms with Crippen LogP contribution < -0.4 is 9.47 Å². The van der Waals surface area contributed by atoms with E-state index in [-0.39, 0.29) is 11.9 Å². The van der Waals surface area contributed by atoms with Crippen LogP contribution in [0.1, 0.15) is 25.3 Å². The number of carbonyl (C=O) groups is 1. The Kier molecular flexibility index (Phi) is 6.19. The highest BCUT2D eigenvalue weighted by Gasteiger charge is 2.17. The topological polar surface area (TPSA) is 44.8 Å². The van der Waals surface area contributed by atoms with Gasteiger partial charge in [-0.2, -0.15) is 0 Å². The molecule has 0 spiro atoms. The molecule has 0 aliphatic rings. The third kappa shape index (κ3) is 4.16. The Bertz CT molecular complexity index is 415. The van der Waals surface area contributed by atoms with Gasteiger partial charge in [0, 0.05) is 6.07 Å². The van der Waals surface area contributed by atoms with Crippen molar-refractivity contribution in [2.24, 2.45) is 5.92 Å². The molecule has 1 aromatic carbocycles. The van der Waals surface area contributed by atoms with Crippen molar-refractivity contribution in [3.63, 3.8) is 0 Å². The summed E-state index contributed by atoms with van der Waals surface area (Å²) < 4.78 is 15.3. The molecule has 0 saturated heterocycles. The standard InChI is InChI=1S/C15H22O4/c1-5-11(15(16)19-4)6-7-12-8-9-13(17-2)10-14(12)18-3/h8-11H,5-7H2,1-4H3/t11-/m0/s1. The summed E-state index contributed by atoms with van der Waals surface area (Å²) in [6.45, 7) is 1.99. The predicted octanol–water partition coefficient (Wildman–Crippen LogP) is 2.84. The molecule has 0 aliphatic carbocycles. The maximum absolute atomic E-state index is 11.5. The monoisotopic (exact) mass is 266 g/mol. The molecule has 0 saturated carbocycles. The van der Waals surface area contributed by atoms with Gasteiger partial charge in [-0.15, -0.1) is 0 Å². The quantitative estimate of drug-likeness (QED) is 0.712. The van der Waals surface area contributed by atoms with Crippen LogP contribution in [0.2, 0.25) is 0 Å². The van der Waals surface area contributed by atoms with Crippen molar-refractivity contribution in [2.75, 3.05) is 21.3 Å². The molecular formula is C15H22O4. The third-order valence-corrected chi connectivity index (χ3v) is 3.28. The largest absolute Gasteiger partial charge is 0.497 e. The highest BCUT2D eigenvalue weighted by Crippen LogP contribution is 2.27. The fraction of sp³-hybridized carbons (Fsp3) is 0.533. The molecule has 0 aliphatic heterocycles. The average Bonchev–Trinajstić information content (AvgIpc) is 2.47. The Morgan fingerprint density at radius 3 is 2.47 bits per heavy atom. The lowest BCUT2D eigenvalue weighted by Gasteiger charge is -2.14. The second-order valence-electron chi connectivity index (χ2n) is 4.34. The minimum atomic E-state index is -0.144. The van der Waals surface area contributed by atoms with Crippen LogP contribution in [-0.4, -0.2) is 27.3 Å². The fourth-order valence-corrected chi connectivity index (χ4v) is 2.04. The molecule has 19 heavy (non-hydrogen) atoms. The van der Waals surface area contributed by atoms with Gasteiger partial charge in [0.05, 0.1) is 27.2 Å². The molecule has 0 heterocycles. The van der Waals surface area contributed by atoms with Gasteiger partial charge in [-0.3, -0.25) is 4.79 Å². The number of ether oxygens (including phenoxy) is 3. The minimum absolute atomic E-state index is 0.0585. The molecule has 4 heteroatoms. The Hall–Kier alpha value is -1.71. The van der Waals surface area contributed by atoms with E-state index in [2.05, 4.69) is 0 Å². The van der Waals surface area contributed by atoms with Crippen molar-refractivity contribution < 1.29 is 19.0 Å². The molecule has 106 valence electrons. The van der Waals surface area contributed by atoms with E-state index >= 15 is 0 Å². The smallest absolute Gasteiger partial charge is 0.308 e. The zero-order valence-electron chi connectivity index (χ0n) is 12.1. The zero-order valence-corrected chi connectivity index (χ0v) is 12.1. The fourth-order valence-electron chi connectivity index (χ4n) is 2.04. The molecule has 1 aromatic rings. The first kappa shape index (κ1) is 15.3. The Morgan fingerprint density at radius 2 is 1.95 bits per heavy atom. The normalized spacial score (nSPS) is 11.8. The van der Waals surface area contributed by atoms with Crippen LogP contribution in [-0.2, 0) is 16.0 Å². The summed E-state index contributed by atoms with van der Waals surface area (Å²) >= 11 is 0. The summed E-state index contributed by atoms with van der Waals surface area (Å²) in [5.41, 5.74) is 1.07. The van der Waals surface area contributed by atoms with E-state index in [9.17, 15) is 4.79 Å².